The molecule has 2 aromatic heterocycles. The maximum Gasteiger partial charge on any atom is 0.259 e. The molecule has 1 N–H and O–H groups in total. The Hall–Kier alpha value is -3.38. The maximum atomic E-state index is 13.0. The summed E-state index contributed by atoms with van der Waals surface area (Å²) >= 11 is 6.07. The Labute approximate surface area is 179 Å². The quantitative estimate of drug-likeness (QED) is 0.490. The van der Waals surface area contributed by atoms with Crippen molar-refractivity contribution in [2.24, 2.45) is 0 Å². The first-order valence-corrected chi connectivity index (χ1v) is 9.83. The Bertz CT molecular complexity index is 1280. The lowest BCUT2D eigenvalue weighted by Gasteiger charge is -2.12. The average Bonchev–Trinajstić information content (AvgIpc) is 3.05. The summed E-state index contributed by atoms with van der Waals surface area (Å²) in [6, 6.07) is 13.3. The number of halogens is 1. The molecule has 0 bridgehead atoms. The van der Waals surface area contributed by atoms with E-state index in [1.165, 1.54) is 7.11 Å². The van der Waals surface area contributed by atoms with E-state index in [1.807, 2.05) is 26.0 Å². The van der Waals surface area contributed by atoms with Gasteiger partial charge in [0.1, 0.15) is 5.75 Å². The van der Waals surface area contributed by atoms with Gasteiger partial charge in [0.15, 0.2) is 5.65 Å². The Morgan fingerprint density at radius 1 is 1.13 bits per heavy atom. The summed E-state index contributed by atoms with van der Waals surface area (Å²) in [5, 5.41) is 8.00. The Morgan fingerprint density at radius 2 is 1.93 bits per heavy atom. The molecule has 4 rings (SSSR count). The summed E-state index contributed by atoms with van der Waals surface area (Å²) in [5.41, 5.74) is 6.35. The second-order valence-corrected chi connectivity index (χ2v) is 7.56. The van der Waals surface area contributed by atoms with E-state index >= 15 is 0 Å². The third-order valence-electron chi connectivity index (χ3n) is 5.02. The number of amides is 1. The predicted octanol–water partition coefficient (Wildman–Crippen LogP) is 5.24. The van der Waals surface area contributed by atoms with Crippen LogP contribution in [0.4, 0.5) is 5.69 Å². The van der Waals surface area contributed by atoms with Gasteiger partial charge >= 0.3 is 0 Å². The molecule has 2 heterocycles. The van der Waals surface area contributed by atoms with Crippen molar-refractivity contribution in [3.05, 3.63) is 76.2 Å². The van der Waals surface area contributed by atoms with Crippen LogP contribution in [0, 0.1) is 20.8 Å². The number of hydrogen-bond donors (Lipinski definition) is 1. The second kappa shape index (κ2) is 7.80. The molecular weight excluding hydrogens is 400 g/mol. The van der Waals surface area contributed by atoms with E-state index in [4.69, 9.17) is 16.3 Å². The fraction of sp³-hybridized carbons (Fsp3) is 0.174. The van der Waals surface area contributed by atoms with Crippen molar-refractivity contribution in [2.75, 3.05) is 12.4 Å². The molecule has 0 aliphatic heterocycles. The number of methoxy groups -OCH3 is 1. The van der Waals surface area contributed by atoms with E-state index in [0.717, 1.165) is 22.4 Å². The second-order valence-electron chi connectivity index (χ2n) is 7.12. The lowest BCUT2D eigenvalue weighted by Crippen LogP contribution is -2.16. The lowest BCUT2D eigenvalue weighted by molar-refractivity contribution is 0.102. The van der Waals surface area contributed by atoms with Crippen LogP contribution in [0.2, 0.25) is 5.02 Å². The van der Waals surface area contributed by atoms with Gasteiger partial charge in [-0.25, -0.2) is 9.50 Å². The van der Waals surface area contributed by atoms with Gasteiger partial charge in [-0.2, -0.15) is 5.10 Å². The highest BCUT2D eigenvalue weighted by Crippen LogP contribution is 2.30. The Morgan fingerprint density at radius 3 is 2.67 bits per heavy atom. The highest BCUT2D eigenvalue weighted by atomic mass is 35.5. The van der Waals surface area contributed by atoms with Crippen LogP contribution >= 0.6 is 11.6 Å². The maximum absolute atomic E-state index is 13.0. The number of nitrogens with zero attached hydrogens (tertiary/aromatic N) is 3. The summed E-state index contributed by atoms with van der Waals surface area (Å²) in [7, 11) is 1.54. The van der Waals surface area contributed by atoms with Crippen LogP contribution in [0.15, 0.2) is 48.7 Å². The summed E-state index contributed by atoms with van der Waals surface area (Å²) in [6.45, 7) is 5.85. The van der Waals surface area contributed by atoms with E-state index in [1.54, 1.807) is 28.9 Å². The van der Waals surface area contributed by atoms with Gasteiger partial charge in [0.25, 0.3) is 5.91 Å². The third kappa shape index (κ3) is 3.50. The molecule has 2 aromatic carbocycles. The summed E-state index contributed by atoms with van der Waals surface area (Å²) in [4.78, 5) is 17.5. The zero-order valence-electron chi connectivity index (χ0n) is 17.2. The van der Waals surface area contributed by atoms with Gasteiger partial charge in [0, 0.05) is 16.8 Å². The number of rotatable bonds is 4. The smallest absolute Gasteiger partial charge is 0.259 e. The minimum absolute atomic E-state index is 0.312. The van der Waals surface area contributed by atoms with Crippen molar-refractivity contribution in [1.29, 1.82) is 0 Å². The van der Waals surface area contributed by atoms with E-state index in [0.29, 0.717) is 33.4 Å². The standard InChI is InChI=1S/C23H21ClN4O2/c1-13-6-5-7-16(10-13)21-14(2)27-28-15(3)18(12-25-22(21)28)23(29)26-19-11-17(24)8-9-20(19)30-4/h5-12H,1-4H3,(H,26,29). The van der Waals surface area contributed by atoms with Gasteiger partial charge < -0.3 is 10.1 Å². The zero-order valence-corrected chi connectivity index (χ0v) is 17.9. The monoisotopic (exact) mass is 420 g/mol. The van der Waals surface area contributed by atoms with Crippen molar-refractivity contribution in [3.8, 4) is 16.9 Å². The highest BCUT2D eigenvalue weighted by Gasteiger charge is 2.19. The third-order valence-corrected chi connectivity index (χ3v) is 5.26. The Kier molecular flexibility index (Phi) is 5.18. The molecule has 1 amide bonds. The van der Waals surface area contributed by atoms with Crippen LogP contribution in [0.1, 0.15) is 27.3 Å². The topological polar surface area (TPSA) is 68.5 Å². The van der Waals surface area contributed by atoms with Gasteiger partial charge in [-0.1, -0.05) is 41.4 Å². The van der Waals surface area contributed by atoms with Crippen molar-refractivity contribution < 1.29 is 9.53 Å². The molecular formula is C23H21ClN4O2. The molecule has 0 radical (unpaired) electrons. The molecule has 0 unspecified atom stereocenters. The first-order valence-electron chi connectivity index (χ1n) is 9.46. The van der Waals surface area contributed by atoms with Gasteiger partial charge in [0.05, 0.1) is 29.7 Å². The van der Waals surface area contributed by atoms with Crippen LogP contribution < -0.4 is 10.1 Å². The largest absolute Gasteiger partial charge is 0.495 e. The van der Waals surface area contributed by atoms with E-state index in [9.17, 15) is 4.79 Å². The lowest BCUT2D eigenvalue weighted by atomic mass is 10.0. The number of fused-ring (bicyclic) bond motifs is 1. The number of aryl methyl sites for hydroxylation is 3. The van der Waals surface area contributed by atoms with Crippen molar-refractivity contribution >= 4 is 28.8 Å². The zero-order chi connectivity index (χ0) is 21.4. The van der Waals surface area contributed by atoms with E-state index < -0.39 is 0 Å². The molecule has 4 aromatic rings. The molecule has 0 atom stereocenters. The van der Waals surface area contributed by atoms with Crippen LogP contribution in [-0.4, -0.2) is 27.6 Å². The summed E-state index contributed by atoms with van der Waals surface area (Å²) in [6.07, 6.45) is 1.58. The average molecular weight is 421 g/mol. The number of carbonyl (C=O) groups excluding carboxylic acids is 1. The van der Waals surface area contributed by atoms with Gasteiger partial charge in [-0.15, -0.1) is 0 Å². The van der Waals surface area contributed by atoms with E-state index in [-0.39, 0.29) is 5.91 Å². The van der Waals surface area contributed by atoms with Crippen LogP contribution in [0.5, 0.6) is 5.75 Å². The summed E-state index contributed by atoms with van der Waals surface area (Å²) in [5.74, 6) is 0.212. The molecule has 0 saturated carbocycles. The van der Waals surface area contributed by atoms with Crippen LogP contribution in [-0.2, 0) is 0 Å². The number of aromatic nitrogens is 3. The number of benzene rings is 2. The molecule has 152 valence electrons. The predicted molar refractivity (Wildman–Crippen MR) is 119 cm³/mol. The molecule has 0 fully saturated rings. The molecule has 6 nitrogen and oxygen atoms in total. The normalized spacial score (nSPS) is 11.0. The van der Waals surface area contributed by atoms with Crippen molar-refractivity contribution in [2.45, 2.75) is 20.8 Å². The molecule has 30 heavy (non-hydrogen) atoms. The Balaban J connectivity index is 1.76. The number of nitrogens with one attached hydrogen (secondary N) is 1. The molecule has 7 heteroatoms. The minimum Gasteiger partial charge on any atom is -0.495 e. The number of ether oxygens (including phenoxy) is 1. The van der Waals surface area contributed by atoms with Gasteiger partial charge in [-0.05, 0) is 44.5 Å². The summed E-state index contributed by atoms with van der Waals surface area (Å²) < 4.78 is 7.03. The molecule has 0 saturated heterocycles. The number of anilines is 1. The van der Waals surface area contributed by atoms with Crippen molar-refractivity contribution in [3.63, 3.8) is 0 Å². The van der Waals surface area contributed by atoms with Crippen LogP contribution in [0.25, 0.3) is 16.8 Å². The number of carbonyl (C=O) groups is 1. The molecule has 0 spiro atoms. The molecule has 0 aliphatic carbocycles. The number of hydrogen-bond acceptors (Lipinski definition) is 4. The molecule has 0 aliphatic rings. The first kappa shape index (κ1) is 19.9. The fourth-order valence-corrected chi connectivity index (χ4v) is 3.70. The van der Waals surface area contributed by atoms with E-state index in [2.05, 4.69) is 34.5 Å². The highest BCUT2D eigenvalue weighted by molar-refractivity contribution is 6.31. The fourth-order valence-electron chi connectivity index (χ4n) is 3.53. The SMILES string of the molecule is COc1ccc(Cl)cc1NC(=O)c1cnc2c(-c3cccc(C)c3)c(C)nn2c1C. The first-order chi connectivity index (χ1) is 14.4. The van der Waals surface area contributed by atoms with Gasteiger partial charge in [-0.3, -0.25) is 4.79 Å². The van der Waals surface area contributed by atoms with Gasteiger partial charge in [0.2, 0.25) is 0 Å². The van der Waals surface area contributed by atoms with Crippen LogP contribution in [0.3, 0.4) is 0 Å². The van der Waals surface area contributed by atoms with Crippen molar-refractivity contribution in [1.82, 2.24) is 14.6 Å². The minimum atomic E-state index is -0.312.